The molecular formula is C35H49NO. The summed E-state index contributed by atoms with van der Waals surface area (Å²) in [7, 11) is 0. The van der Waals surface area contributed by atoms with E-state index >= 15 is 0 Å². The van der Waals surface area contributed by atoms with Gasteiger partial charge < -0.3 is 4.74 Å². The van der Waals surface area contributed by atoms with E-state index in [1.165, 1.54) is 96.3 Å². The molecule has 0 N–H and O–H groups in total. The summed E-state index contributed by atoms with van der Waals surface area (Å²) in [6, 6.07) is 17.6. The summed E-state index contributed by atoms with van der Waals surface area (Å²) < 4.78 is 5.96. The van der Waals surface area contributed by atoms with Crippen LogP contribution < -0.4 is 4.74 Å². The molecule has 200 valence electrons. The fraction of sp³-hybridized carbons (Fsp3) is 0.629. The van der Waals surface area contributed by atoms with Crippen LogP contribution in [-0.2, 0) is 5.41 Å². The molecule has 2 heteroatoms. The Morgan fingerprint density at radius 1 is 0.703 bits per heavy atom. The molecule has 2 nitrogen and oxygen atoms in total. The number of ether oxygens (including phenoxy) is 1. The highest BCUT2D eigenvalue weighted by atomic mass is 16.5. The highest BCUT2D eigenvalue weighted by Gasteiger charge is 2.51. The van der Waals surface area contributed by atoms with E-state index in [0.717, 1.165) is 47.8 Å². The zero-order valence-corrected chi connectivity index (χ0v) is 23.3. The second kappa shape index (κ2) is 13.1. The molecule has 0 radical (unpaired) electrons. The molecule has 0 heterocycles. The first-order valence-electron chi connectivity index (χ1n) is 15.6. The molecule has 4 bridgehead atoms. The van der Waals surface area contributed by atoms with Crippen molar-refractivity contribution in [3.63, 3.8) is 0 Å². The van der Waals surface area contributed by atoms with Gasteiger partial charge in [-0.25, -0.2) is 0 Å². The molecule has 4 saturated carbocycles. The van der Waals surface area contributed by atoms with Crippen molar-refractivity contribution in [2.75, 3.05) is 6.61 Å². The highest BCUT2D eigenvalue weighted by molar-refractivity contribution is 5.82. The van der Waals surface area contributed by atoms with Crippen molar-refractivity contribution in [2.24, 2.45) is 22.7 Å². The molecule has 0 atom stereocenters. The third-order valence-corrected chi connectivity index (χ3v) is 9.53. The molecule has 6 rings (SSSR count). The first-order valence-corrected chi connectivity index (χ1v) is 15.6. The topological polar surface area (TPSA) is 21.6 Å². The van der Waals surface area contributed by atoms with Crippen molar-refractivity contribution in [1.82, 2.24) is 0 Å². The van der Waals surface area contributed by atoms with Crippen LogP contribution >= 0.6 is 0 Å². The summed E-state index contributed by atoms with van der Waals surface area (Å²) in [5.74, 6) is 3.94. The van der Waals surface area contributed by atoms with E-state index in [2.05, 4.69) is 55.5 Å². The Bertz CT molecular complexity index is 938. The van der Waals surface area contributed by atoms with Gasteiger partial charge in [0.1, 0.15) is 5.75 Å². The standard InChI is InChI=1S/C35H49NO/c1-2-3-4-5-6-7-8-9-10-11-20-37-34-18-12-28(13-19-34)27-36-33-16-14-32(15-17-33)35-24-29-21-30(25-35)23-31(22-29)26-35/h12-19,27,29-31H,2-11,20-26H2,1H3. The molecule has 0 saturated heterocycles. The summed E-state index contributed by atoms with van der Waals surface area (Å²) in [6.45, 7) is 3.10. The maximum Gasteiger partial charge on any atom is 0.119 e. The lowest BCUT2D eigenvalue weighted by Crippen LogP contribution is -2.48. The Labute approximate surface area is 226 Å². The second-order valence-electron chi connectivity index (χ2n) is 12.6. The van der Waals surface area contributed by atoms with E-state index in [9.17, 15) is 0 Å². The number of aliphatic imine (C=N–C) groups is 1. The molecule has 0 aliphatic heterocycles. The van der Waals surface area contributed by atoms with E-state index in [0.29, 0.717) is 5.41 Å². The molecule has 0 amide bonds. The van der Waals surface area contributed by atoms with Gasteiger partial charge in [-0.05, 0) is 116 Å². The summed E-state index contributed by atoms with van der Waals surface area (Å²) in [5.41, 5.74) is 4.22. The van der Waals surface area contributed by atoms with Crippen LogP contribution in [0.3, 0.4) is 0 Å². The van der Waals surface area contributed by atoms with E-state index in [-0.39, 0.29) is 0 Å². The lowest BCUT2D eigenvalue weighted by Gasteiger charge is -2.57. The van der Waals surface area contributed by atoms with Crippen molar-refractivity contribution in [3.05, 3.63) is 59.7 Å². The van der Waals surface area contributed by atoms with Crippen molar-refractivity contribution < 1.29 is 4.74 Å². The molecule has 4 aliphatic carbocycles. The van der Waals surface area contributed by atoms with Crippen molar-refractivity contribution in [1.29, 1.82) is 0 Å². The molecule has 4 aliphatic rings. The van der Waals surface area contributed by atoms with Crippen LogP contribution in [0.4, 0.5) is 5.69 Å². The third kappa shape index (κ3) is 7.27. The fourth-order valence-electron chi connectivity index (χ4n) is 7.94. The quantitative estimate of drug-likeness (QED) is 0.176. The minimum absolute atomic E-state index is 0.473. The van der Waals surface area contributed by atoms with E-state index in [1.807, 2.05) is 6.21 Å². The number of hydrogen-bond acceptors (Lipinski definition) is 2. The molecule has 0 unspecified atom stereocenters. The van der Waals surface area contributed by atoms with Gasteiger partial charge in [-0.2, -0.15) is 0 Å². The Morgan fingerprint density at radius 2 is 1.24 bits per heavy atom. The van der Waals surface area contributed by atoms with Crippen LogP contribution in [0.15, 0.2) is 53.5 Å². The molecule has 37 heavy (non-hydrogen) atoms. The van der Waals surface area contributed by atoms with Gasteiger partial charge in [0.15, 0.2) is 0 Å². The van der Waals surface area contributed by atoms with Crippen LogP contribution in [0.25, 0.3) is 0 Å². The summed E-state index contributed by atoms with van der Waals surface area (Å²) >= 11 is 0. The van der Waals surface area contributed by atoms with Crippen LogP contribution in [0.1, 0.15) is 121 Å². The van der Waals surface area contributed by atoms with E-state index in [4.69, 9.17) is 9.73 Å². The minimum atomic E-state index is 0.473. The zero-order chi connectivity index (χ0) is 25.3. The molecule has 0 aromatic heterocycles. The maximum atomic E-state index is 5.96. The predicted octanol–water partition coefficient (Wildman–Crippen LogP) is 10.2. The monoisotopic (exact) mass is 499 g/mol. The van der Waals surface area contributed by atoms with Gasteiger partial charge >= 0.3 is 0 Å². The van der Waals surface area contributed by atoms with Gasteiger partial charge in [-0.1, -0.05) is 76.8 Å². The second-order valence-corrected chi connectivity index (χ2v) is 12.6. The van der Waals surface area contributed by atoms with Gasteiger partial charge in [0, 0.05) is 6.21 Å². The fourth-order valence-corrected chi connectivity index (χ4v) is 7.94. The van der Waals surface area contributed by atoms with Gasteiger partial charge in [0.05, 0.1) is 12.3 Å². The lowest BCUT2D eigenvalue weighted by atomic mass is 9.48. The Kier molecular flexibility index (Phi) is 9.40. The van der Waals surface area contributed by atoms with Crippen molar-refractivity contribution in [2.45, 2.75) is 115 Å². The van der Waals surface area contributed by atoms with E-state index in [1.54, 1.807) is 5.56 Å². The predicted molar refractivity (Wildman–Crippen MR) is 157 cm³/mol. The average molecular weight is 500 g/mol. The van der Waals surface area contributed by atoms with E-state index < -0.39 is 0 Å². The normalized spacial score (nSPS) is 26.2. The number of hydrogen-bond donors (Lipinski definition) is 0. The number of rotatable bonds is 15. The van der Waals surface area contributed by atoms with Gasteiger partial charge in [0.2, 0.25) is 0 Å². The minimum Gasteiger partial charge on any atom is -0.494 e. The van der Waals surface area contributed by atoms with Gasteiger partial charge in [-0.15, -0.1) is 0 Å². The average Bonchev–Trinajstić information content (AvgIpc) is 2.91. The third-order valence-electron chi connectivity index (χ3n) is 9.53. The van der Waals surface area contributed by atoms with Crippen LogP contribution in [0, 0.1) is 17.8 Å². The summed E-state index contributed by atoms with van der Waals surface area (Å²) in [5, 5.41) is 0. The SMILES string of the molecule is CCCCCCCCCCCCOc1ccc(C=Nc2ccc(C34CC5CC(CC(C5)C3)C4)cc2)cc1. The smallest absolute Gasteiger partial charge is 0.119 e. The number of nitrogens with zero attached hydrogens (tertiary/aromatic N) is 1. The largest absolute Gasteiger partial charge is 0.494 e. The van der Waals surface area contributed by atoms with Crippen LogP contribution in [0.5, 0.6) is 5.75 Å². The highest BCUT2D eigenvalue weighted by Crippen LogP contribution is 2.60. The molecular weight excluding hydrogens is 450 g/mol. The van der Waals surface area contributed by atoms with Crippen molar-refractivity contribution in [3.8, 4) is 5.75 Å². The van der Waals surface area contributed by atoms with Crippen molar-refractivity contribution >= 4 is 11.9 Å². The van der Waals surface area contributed by atoms with Crippen LogP contribution in [-0.4, -0.2) is 12.8 Å². The molecule has 0 spiro atoms. The molecule has 2 aromatic carbocycles. The lowest BCUT2D eigenvalue weighted by molar-refractivity contribution is -0.00518. The van der Waals surface area contributed by atoms with Gasteiger partial charge in [0.25, 0.3) is 0 Å². The maximum absolute atomic E-state index is 5.96. The number of benzene rings is 2. The zero-order valence-electron chi connectivity index (χ0n) is 23.3. The first kappa shape index (κ1) is 26.5. The van der Waals surface area contributed by atoms with Crippen LogP contribution in [0.2, 0.25) is 0 Å². The van der Waals surface area contributed by atoms with Gasteiger partial charge in [-0.3, -0.25) is 4.99 Å². The number of unbranched alkanes of at least 4 members (excludes halogenated alkanes) is 9. The molecule has 4 fully saturated rings. The summed E-state index contributed by atoms with van der Waals surface area (Å²) in [6.07, 6.45) is 24.3. The Balaban J connectivity index is 1.01. The summed E-state index contributed by atoms with van der Waals surface area (Å²) in [4.78, 5) is 4.76. The molecule has 2 aromatic rings. The Morgan fingerprint density at radius 3 is 1.81 bits per heavy atom. The first-order chi connectivity index (χ1) is 18.2. The Hall–Kier alpha value is -2.09.